The van der Waals surface area contributed by atoms with Crippen LogP contribution in [-0.4, -0.2) is 21.6 Å². The van der Waals surface area contributed by atoms with E-state index in [1.54, 1.807) is 0 Å². The molecule has 2 N–H and O–H groups in total. The zero-order valence-corrected chi connectivity index (χ0v) is 13.8. The highest BCUT2D eigenvalue weighted by atomic mass is 16.4. The number of amides is 1. The Kier molecular flexibility index (Phi) is 5.14. The number of carboxylic acid groups (broad SMARTS) is 1. The number of hydrogen-bond acceptors (Lipinski definition) is 2. The third-order valence-electron chi connectivity index (χ3n) is 4.11. The summed E-state index contributed by atoms with van der Waals surface area (Å²) in [5.41, 5.74) is 3.29. The number of carboxylic acids is 1. The van der Waals surface area contributed by atoms with Crippen molar-refractivity contribution in [2.45, 2.75) is 25.9 Å². The molecule has 1 aromatic heterocycles. The summed E-state index contributed by atoms with van der Waals surface area (Å²) >= 11 is 0. The predicted octanol–water partition coefficient (Wildman–Crippen LogP) is 3.17. The van der Waals surface area contributed by atoms with Crippen molar-refractivity contribution in [3.63, 3.8) is 0 Å². The van der Waals surface area contributed by atoms with Crippen LogP contribution in [0, 0.1) is 0 Å². The van der Waals surface area contributed by atoms with E-state index in [1.807, 2.05) is 36.4 Å². The van der Waals surface area contributed by atoms with Gasteiger partial charge in [-0.15, -0.1) is 0 Å². The number of nitrogens with one attached hydrogen (secondary N) is 1. The van der Waals surface area contributed by atoms with Gasteiger partial charge in [-0.3, -0.25) is 9.59 Å². The minimum absolute atomic E-state index is 0.00571. The van der Waals surface area contributed by atoms with Gasteiger partial charge in [0.1, 0.15) is 0 Å². The van der Waals surface area contributed by atoms with E-state index < -0.39 is 5.97 Å². The lowest BCUT2D eigenvalue weighted by molar-refractivity contribution is -0.138. The first kappa shape index (κ1) is 16.8. The van der Waals surface area contributed by atoms with E-state index in [0.29, 0.717) is 13.1 Å². The number of carbonyl (C=O) groups is 2. The second-order valence-electron chi connectivity index (χ2n) is 5.94. The fourth-order valence-corrected chi connectivity index (χ4v) is 2.86. The summed E-state index contributed by atoms with van der Waals surface area (Å²) in [7, 11) is 0. The van der Waals surface area contributed by atoms with Crippen molar-refractivity contribution in [1.29, 1.82) is 0 Å². The lowest BCUT2D eigenvalue weighted by Crippen LogP contribution is -2.24. The second-order valence-corrected chi connectivity index (χ2v) is 5.94. The van der Waals surface area contributed by atoms with Crippen LogP contribution in [0.3, 0.4) is 0 Å². The van der Waals surface area contributed by atoms with E-state index in [-0.39, 0.29) is 18.7 Å². The Morgan fingerprint density at radius 1 is 0.960 bits per heavy atom. The second kappa shape index (κ2) is 7.66. The van der Waals surface area contributed by atoms with Gasteiger partial charge in [0.05, 0.1) is 13.0 Å². The standard InChI is InChI=1S/C20H20N2O3/c23-19(10-11-20(24)25)21-13-17-12-16-8-4-5-9-18(16)22(17)14-15-6-2-1-3-7-15/h1-9,12H,10-11,13-14H2,(H,21,23)(H,24,25). The zero-order valence-electron chi connectivity index (χ0n) is 13.8. The number of para-hydroxylation sites is 1. The maximum Gasteiger partial charge on any atom is 0.303 e. The van der Waals surface area contributed by atoms with Crippen molar-refractivity contribution in [2.75, 3.05) is 0 Å². The van der Waals surface area contributed by atoms with Gasteiger partial charge in [0, 0.05) is 24.2 Å². The summed E-state index contributed by atoms with van der Waals surface area (Å²) in [4.78, 5) is 22.4. The van der Waals surface area contributed by atoms with Crippen molar-refractivity contribution in [2.24, 2.45) is 0 Å². The molecule has 0 spiro atoms. The highest BCUT2D eigenvalue weighted by molar-refractivity contribution is 5.82. The first-order chi connectivity index (χ1) is 12.1. The van der Waals surface area contributed by atoms with Crippen LogP contribution in [-0.2, 0) is 22.7 Å². The number of aliphatic carboxylic acids is 1. The Morgan fingerprint density at radius 2 is 1.68 bits per heavy atom. The normalized spacial score (nSPS) is 10.7. The maximum atomic E-state index is 11.8. The molecule has 5 nitrogen and oxygen atoms in total. The van der Waals surface area contributed by atoms with Gasteiger partial charge in [0.25, 0.3) is 0 Å². The Hall–Kier alpha value is -3.08. The number of fused-ring (bicyclic) bond motifs is 1. The number of benzene rings is 2. The molecule has 0 atom stereocenters. The number of aromatic nitrogens is 1. The van der Waals surface area contributed by atoms with Crippen molar-refractivity contribution in [3.8, 4) is 0 Å². The molecule has 0 aliphatic heterocycles. The highest BCUT2D eigenvalue weighted by Gasteiger charge is 2.11. The van der Waals surface area contributed by atoms with Crippen molar-refractivity contribution in [3.05, 3.63) is 71.9 Å². The molecular formula is C20H20N2O3. The van der Waals surface area contributed by atoms with Crippen molar-refractivity contribution in [1.82, 2.24) is 9.88 Å². The lowest BCUT2D eigenvalue weighted by Gasteiger charge is -2.12. The fourth-order valence-electron chi connectivity index (χ4n) is 2.86. The van der Waals surface area contributed by atoms with Crippen molar-refractivity contribution >= 4 is 22.8 Å². The van der Waals surface area contributed by atoms with Crippen LogP contribution in [0.4, 0.5) is 0 Å². The van der Waals surface area contributed by atoms with Crippen LogP contribution in [0.1, 0.15) is 24.1 Å². The molecule has 0 fully saturated rings. The van der Waals surface area contributed by atoms with E-state index in [1.165, 1.54) is 5.56 Å². The number of rotatable bonds is 7. The smallest absolute Gasteiger partial charge is 0.303 e. The van der Waals surface area contributed by atoms with Gasteiger partial charge in [0.15, 0.2) is 0 Å². The molecule has 3 rings (SSSR count). The van der Waals surface area contributed by atoms with Gasteiger partial charge < -0.3 is 15.0 Å². The molecule has 0 saturated carbocycles. The predicted molar refractivity (Wildman–Crippen MR) is 96.2 cm³/mol. The molecule has 0 bridgehead atoms. The van der Waals surface area contributed by atoms with Crippen LogP contribution in [0.2, 0.25) is 0 Å². The van der Waals surface area contributed by atoms with Gasteiger partial charge in [0.2, 0.25) is 5.91 Å². The monoisotopic (exact) mass is 336 g/mol. The first-order valence-corrected chi connectivity index (χ1v) is 8.23. The summed E-state index contributed by atoms with van der Waals surface area (Å²) in [5.74, 6) is -1.22. The van der Waals surface area contributed by atoms with E-state index in [9.17, 15) is 9.59 Å². The highest BCUT2D eigenvalue weighted by Crippen LogP contribution is 2.21. The first-order valence-electron chi connectivity index (χ1n) is 8.23. The molecule has 0 radical (unpaired) electrons. The summed E-state index contributed by atoms with van der Waals surface area (Å²) in [6.07, 6.45) is -0.160. The molecule has 0 aliphatic carbocycles. The van der Waals surface area contributed by atoms with Crippen LogP contribution >= 0.6 is 0 Å². The Labute approximate surface area is 145 Å². The quantitative estimate of drug-likeness (QED) is 0.696. The van der Waals surface area contributed by atoms with Crippen LogP contribution in [0.5, 0.6) is 0 Å². The molecule has 0 aliphatic rings. The summed E-state index contributed by atoms with van der Waals surface area (Å²) in [6, 6.07) is 20.3. The molecule has 3 aromatic rings. The Bertz CT molecular complexity index is 884. The largest absolute Gasteiger partial charge is 0.481 e. The fraction of sp³-hybridized carbons (Fsp3) is 0.200. The summed E-state index contributed by atoms with van der Waals surface area (Å²) in [6.45, 7) is 1.09. The van der Waals surface area contributed by atoms with E-state index >= 15 is 0 Å². The van der Waals surface area contributed by atoms with Gasteiger partial charge >= 0.3 is 5.97 Å². The van der Waals surface area contributed by atoms with E-state index in [2.05, 4.69) is 34.1 Å². The number of nitrogens with zero attached hydrogens (tertiary/aromatic N) is 1. The van der Waals surface area contributed by atoms with Crippen LogP contribution in [0.25, 0.3) is 10.9 Å². The third-order valence-corrected chi connectivity index (χ3v) is 4.11. The van der Waals surface area contributed by atoms with E-state index in [4.69, 9.17) is 5.11 Å². The van der Waals surface area contributed by atoms with Crippen molar-refractivity contribution < 1.29 is 14.7 Å². The van der Waals surface area contributed by atoms with Crippen LogP contribution < -0.4 is 5.32 Å². The van der Waals surface area contributed by atoms with Gasteiger partial charge in [-0.1, -0.05) is 48.5 Å². The maximum absolute atomic E-state index is 11.8. The van der Waals surface area contributed by atoms with Crippen LogP contribution in [0.15, 0.2) is 60.7 Å². The van der Waals surface area contributed by atoms with Gasteiger partial charge in [-0.05, 0) is 23.1 Å². The number of carbonyl (C=O) groups excluding carboxylic acids is 1. The van der Waals surface area contributed by atoms with Gasteiger partial charge in [-0.2, -0.15) is 0 Å². The molecule has 5 heteroatoms. The average Bonchev–Trinajstić information content (AvgIpc) is 2.97. The molecular weight excluding hydrogens is 316 g/mol. The molecule has 128 valence electrons. The number of hydrogen-bond donors (Lipinski definition) is 2. The Morgan fingerprint density at radius 3 is 2.44 bits per heavy atom. The molecule has 0 unspecified atom stereocenters. The topological polar surface area (TPSA) is 71.3 Å². The zero-order chi connectivity index (χ0) is 17.6. The molecule has 2 aromatic carbocycles. The summed E-state index contributed by atoms with van der Waals surface area (Å²) < 4.78 is 2.18. The Balaban J connectivity index is 1.80. The molecule has 25 heavy (non-hydrogen) atoms. The molecule has 1 amide bonds. The third kappa shape index (κ3) is 4.26. The lowest BCUT2D eigenvalue weighted by atomic mass is 10.2. The summed E-state index contributed by atoms with van der Waals surface area (Å²) in [5, 5.41) is 12.6. The minimum Gasteiger partial charge on any atom is -0.481 e. The minimum atomic E-state index is -0.964. The molecule has 0 saturated heterocycles. The molecule has 1 heterocycles. The van der Waals surface area contributed by atoms with Gasteiger partial charge in [-0.25, -0.2) is 0 Å². The van der Waals surface area contributed by atoms with E-state index in [0.717, 1.165) is 16.6 Å². The average molecular weight is 336 g/mol. The SMILES string of the molecule is O=C(O)CCC(=O)NCc1cc2ccccc2n1Cc1ccccc1.